The van der Waals surface area contributed by atoms with Gasteiger partial charge in [-0.3, -0.25) is 4.79 Å². The van der Waals surface area contributed by atoms with Crippen LogP contribution in [-0.2, 0) is 19.1 Å². The SMILES string of the molecule is C/C1=C/[C@@H]2OC(=O)[C@]3(C)O[C@]23[C@H](O)[C@H]2[C@@H](C)C(=O)C=C[C@]2(C)[C@H](O)CC1. The first-order valence-electron chi connectivity index (χ1n) is 9.25. The molecule has 4 rings (SSSR count). The lowest BCUT2D eigenvalue weighted by atomic mass is 9.57. The van der Waals surface area contributed by atoms with Crippen LogP contribution in [0.25, 0.3) is 0 Å². The first-order valence-corrected chi connectivity index (χ1v) is 9.25. The highest BCUT2D eigenvalue weighted by atomic mass is 16.7. The molecule has 4 aliphatic rings. The second-order valence-corrected chi connectivity index (χ2v) is 8.68. The van der Waals surface area contributed by atoms with Gasteiger partial charge >= 0.3 is 5.97 Å². The van der Waals surface area contributed by atoms with Gasteiger partial charge in [-0.25, -0.2) is 4.79 Å². The Balaban J connectivity index is 1.88. The molecule has 6 heteroatoms. The van der Waals surface area contributed by atoms with Gasteiger partial charge in [0, 0.05) is 17.3 Å². The molecule has 26 heavy (non-hydrogen) atoms. The fourth-order valence-corrected chi connectivity index (χ4v) is 5.30. The van der Waals surface area contributed by atoms with E-state index in [1.165, 1.54) is 6.08 Å². The van der Waals surface area contributed by atoms with Crippen molar-refractivity contribution in [3.63, 3.8) is 0 Å². The van der Waals surface area contributed by atoms with Crippen LogP contribution in [0.4, 0.5) is 0 Å². The van der Waals surface area contributed by atoms with E-state index in [2.05, 4.69) is 0 Å². The maximum atomic E-state index is 12.4. The zero-order valence-corrected chi connectivity index (χ0v) is 15.6. The highest BCUT2D eigenvalue weighted by Gasteiger charge is 2.85. The van der Waals surface area contributed by atoms with Crippen molar-refractivity contribution < 1.29 is 29.3 Å². The van der Waals surface area contributed by atoms with Gasteiger partial charge in [-0.15, -0.1) is 0 Å². The van der Waals surface area contributed by atoms with Crippen LogP contribution >= 0.6 is 0 Å². The van der Waals surface area contributed by atoms with Gasteiger partial charge in [-0.1, -0.05) is 25.5 Å². The predicted molar refractivity (Wildman–Crippen MR) is 92.0 cm³/mol. The fourth-order valence-electron chi connectivity index (χ4n) is 5.30. The normalized spacial score (nSPS) is 55.2. The minimum atomic E-state index is -1.22. The van der Waals surface area contributed by atoms with E-state index < -0.39 is 52.7 Å². The highest BCUT2D eigenvalue weighted by Crippen LogP contribution is 2.63. The zero-order valence-electron chi connectivity index (χ0n) is 15.6. The van der Waals surface area contributed by atoms with Gasteiger partial charge in [0.15, 0.2) is 23.1 Å². The molecule has 0 aromatic carbocycles. The molecule has 2 heterocycles. The minimum absolute atomic E-state index is 0.0944. The van der Waals surface area contributed by atoms with E-state index in [1.807, 2.05) is 19.9 Å². The zero-order chi connectivity index (χ0) is 19.1. The van der Waals surface area contributed by atoms with Crippen LogP contribution in [0, 0.1) is 17.3 Å². The standard InChI is InChI=1S/C20H26O6/c1-10-5-6-13(22)18(3)8-7-12(21)11(2)15(18)16(23)20-14(9-10)25-17(24)19(20,4)26-20/h7-9,11,13-16,22-23H,5-6H2,1-4H3/b10-9-/t11-,13+,14-,15+,16+,18+,19-,20-/m0/s1. The van der Waals surface area contributed by atoms with Gasteiger partial charge < -0.3 is 19.7 Å². The van der Waals surface area contributed by atoms with Gasteiger partial charge in [0.2, 0.25) is 0 Å². The molecule has 0 saturated carbocycles. The topological polar surface area (TPSA) is 96.4 Å². The Hall–Kier alpha value is -1.50. The molecule has 2 fully saturated rings. The number of epoxide rings is 1. The van der Waals surface area contributed by atoms with E-state index >= 15 is 0 Å². The maximum absolute atomic E-state index is 12.4. The molecule has 2 saturated heterocycles. The summed E-state index contributed by atoms with van der Waals surface area (Å²) in [5, 5.41) is 22.4. The predicted octanol–water partition coefficient (Wildman–Crippen LogP) is 1.30. The third-order valence-electron chi connectivity index (χ3n) is 7.18. The van der Waals surface area contributed by atoms with Crippen LogP contribution in [0.5, 0.6) is 0 Å². The van der Waals surface area contributed by atoms with Gasteiger partial charge in [0.25, 0.3) is 0 Å². The van der Waals surface area contributed by atoms with Crippen molar-refractivity contribution in [1.29, 1.82) is 0 Å². The van der Waals surface area contributed by atoms with Crippen molar-refractivity contribution in [2.24, 2.45) is 17.3 Å². The van der Waals surface area contributed by atoms with Crippen LogP contribution in [0.15, 0.2) is 23.8 Å². The van der Waals surface area contributed by atoms with Crippen molar-refractivity contribution in [2.75, 3.05) is 0 Å². The van der Waals surface area contributed by atoms with Gasteiger partial charge in [-0.05, 0) is 38.8 Å². The Morgan fingerprint density at radius 3 is 2.58 bits per heavy atom. The van der Waals surface area contributed by atoms with E-state index in [-0.39, 0.29) is 5.78 Å². The first kappa shape index (κ1) is 17.9. The number of carbonyl (C=O) groups is 2. The summed E-state index contributed by atoms with van der Waals surface area (Å²) in [5.41, 5.74) is -2.27. The van der Waals surface area contributed by atoms with Crippen LogP contribution < -0.4 is 0 Å². The van der Waals surface area contributed by atoms with Crippen LogP contribution in [0.1, 0.15) is 40.5 Å². The second-order valence-electron chi connectivity index (χ2n) is 8.68. The molecule has 142 valence electrons. The second kappa shape index (κ2) is 5.27. The molecule has 8 atom stereocenters. The van der Waals surface area contributed by atoms with Crippen LogP contribution in [-0.4, -0.2) is 51.5 Å². The molecule has 0 amide bonds. The molecule has 0 bridgehead atoms. The molecule has 6 nitrogen and oxygen atoms in total. The number of hydrogen-bond donors (Lipinski definition) is 2. The van der Waals surface area contributed by atoms with E-state index in [9.17, 15) is 19.8 Å². The Labute approximate surface area is 152 Å². The number of ether oxygens (including phenoxy) is 2. The summed E-state index contributed by atoms with van der Waals surface area (Å²) >= 11 is 0. The average Bonchev–Trinajstić information content (AvgIpc) is 3.17. The summed E-state index contributed by atoms with van der Waals surface area (Å²) in [6.45, 7) is 7.19. The Morgan fingerprint density at radius 2 is 1.92 bits per heavy atom. The Morgan fingerprint density at radius 1 is 1.23 bits per heavy atom. The minimum Gasteiger partial charge on any atom is -0.453 e. The molecular formula is C20H26O6. The van der Waals surface area contributed by atoms with Crippen molar-refractivity contribution in [3.8, 4) is 0 Å². The van der Waals surface area contributed by atoms with E-state index in [4.69, 9.17) is 9.47 Å². The number of allylic oxidation sites excluding steroid dienone is 2. The third kappa shape index (κ3) is 1.98. The Kier molecular flexibility index (Phi) is 3.63. The quantitative estimate of drug-likeness (QED) is 0.383. The number of esters is 1. The Bertz CT molecular complexity index is 741. The number of hydrogen-bond acceptors (Lipinski definition) is 6. The van der Waals surface area contributed by atoms with Gasteiger partial charge in [-0.2, -0.15) is 0 Å². The van der Waals surface area contributed by atoms with E-state index in [0.717, 1.165) is 5.57 Å². The van der Waals surface area contributed by atoms with Gasteiger partial charge in [0.1, 0.15) is 0 Å². The number of rotatable bonds is 0. The summed E-state index contributed by atoms with van der Waals surface area (Å²) in [6.07, 6.45) is 3.63. The number of aliphatic hydroxyl groups excluding tert-OH is 2. The smallest absolute Gasteiger partial charge is 0.342 e. The number of ketones is 1. The van der Waals surface area contributed by atoms with Crippen molar-refractivity contribution >= 4 is 11.8 Å². The molecule has 0 unspecified atom stereocenters. The lowest BCUT2D eigenvalue weighted by Crippen LogP contribution is -2.57. The highest BCUT2D eigenvalue weighted by molar-refractivity contribution is 5.93. The molecule has 2 aliphatic carbocycles. The third-order valence-corrected chi connectivity index (χ3v) is 7.18. The summed E-state index contributed by atoms with van der Waals surface area (Å²) in [4.78, 5) is 24.8. The van der Waals surface area contributed by atoms with Crippen LogP contribution in [0.3, 0.4) is 0 Å². The van der Waals surface area contributed by atoms with Gasteiger partial charge in [0.05, 0.1) is 12.2 Å². The molecule has 0 aromatic heterocycles. The molecule has 0 aromatic rings. The molecule has 2 N–H and O–H groups in total. The summed E-state index contributed by atoms with van der Waals surface area (Å²) in [6, 6.07) is 0. The fraction of sp³-hybridized carbons (Fsp3) is 0.700. The summed E-state index contributed by atoms with van der Waals surface area (Å²) < 4.78 is 11.4. The molecule has 0 radical (unpaired) electrons. The van der Waals surface area contributed by atoms with Crippen LogP contribution in [0.2, 0.25) is 0 Å². The average molecular weight is 362 g/mol. The molecule has 1 spiro atoms. The number of aliphatic hydroxyl groups is 2. The lowest BCUT2D eigenvalue weighted by Gasteiger charge is -2.48. The van der Waals surface area contributed by atoms with Crippen molar-refractivity contribution in [2.45, 2.75) is 70.1 Å². The lowest BCUT2D eigenvalue weighted by molar-refractivity contribution is -0.157. The van der Waals surface area contributed by atoms with Crippen molar-refractivity contribution in [1.82, 2.24) is 0 Å². The monoisotopic (exact) mass is 362 g/mol. The number of carbonyl (C=O) groups excluding carboxylic acids is 2. The molecule has 2 aliphatic heterocycles. The summed E-state index contributed by atoms with van der Waals surface area (Å²) in [7, 11) is 0. The first-order chi connectivity index (χ1) is 12.1. The largest absolute Gasteiger partial charge is 0.453 e. The number of fused-ring (bicyclic) bond motifs is 1. The summed E-state index contributed by atoms with van der Waals surface area (Å²) in [5.74, 6) is -1.67. The van der Waals surface area contributed by atoms with Crippen molar-refractivity contribution in [3.05, 3.63) is 23.8 Å². The maximum Gasteiger partial charge on any atom is 0.342 e. The van der Waals surface area contributed by atoms with E-state index in [0.29, 0.717) is 12.8 Å². The molecular weight excluding hydrogens is 336 g/mol. The van der Waals surface area contributed by atoms with E-state index in [1.54, 1.807) is 19.9 Å².